The monoisotopic (exact) mass is 271 g/mol. The second-order valence-electron chi connectivity index (χ2n) is 2.87. The Morgan fingerprint density at radius 2 is 1.69 bits per heavy atom. The Kier molecular flexibility index (Phi) is 4.04. The van der Waals surface area contributed by atoms with Crippen LogP contribution in [0.25, 0.3) is 0 Å². The second-order valence-corrected chi connectivity index (χ2v) is 3.96. The highest BCUT2D eigenvalue weighted by atomic mass is 35.5. The van der Waals surface area contributed by atoms with E-state index >= 15 is 0 Å². The zero-order valence-corrected chi connectivity index (χ0v) is 9.20. The van der Waals surface area contributed by atoms with Crippen molar-refractivity contribution in [2.45, 2.75) is 11.0 Å². The molecule has 88 valence electrons. The molecular weight excluding hydrogens is 266 g/mol. The summed E-state index contributed by atoms with van der Waals surface area (Å²) < 4.78 is 36.5. The van der Waals surface area contributed by atoms with Crippen LogP contribution < -0.4 is 5.32 Å². The summed E-state index contributed by atoms with van der Waals surface area (Å²) in [5.41, 5.74) is -0.594. The molecule has 2 nitrogen and oxygen atoms in total. The highest BCUT2D eigenvalue weighted by molar-refractivity contribution is 6.54. The number of benzene rings is 1. The molecule has 1 aromatic rings. The topological polar surface area (TPSA) is 29.1 Å². The lowest BCUT2D eigenvalue weighted by Crippen LogP contribution is -2.18. The largest absolute Gasteiger partial charge is 0.416 e. The molecular formula is C9H6Cl2F3NO. The minimum absolute atomic E-state index is 0.198. The molecule has 0 atom stereocenters. The van der Waals surface area contributed by atoms with E-state index in [4.69, 9.17) is 23.2 Å². The number of anilines is 1. The van der Waals surface area contributed by atoms with Gasteiger partial charge in [0, 0.05) is 5.69 Å². The van der Waals surface area contributed by atoms with Crippen molar-refractivity contribution in [3.8, 4) is 0 Å². The van der Waals surface area contributed by atoms with Crippen LogP contribution in [-0.4, -0.2) is 10.7 Å². The lowest BCUT2D eigenvalue weighted by Gasteiger charge is -2.08. The molecule has 0 aliphatic carbocycles. The second kappa shape index (κ2) is 4.93. The van der Waals surface area contributed by atoms with Crippen LogP contribution in [0.3, 0.4) is 0 Å². The van der Waals surface area contributed by atoms with Crippen LogP contribution >= 0.6 is 23.2 Å². The van der Waals surface area contributed by atoms with Gasteiger partial charge >= 0.3 is 6.18 Å². The van der Waals surface area contributed by atoms with Crippen molar-refractivity contribution in [1.82, 2.24) is 0 Å². The number of carbonyl (C=O) groups excluding carboxylic acids is 1. The van der Waals surface area contributed by atoms with E-state index in [0.29, 0.717) is 0 Å². The molecule has 7 heteroatoms. The maximum Gasteiger partial charge on any atom is 0.416 e. The van der Waals surface area contributed by atoms with Crippen molar-refractivity contribution in [2.24, 2.45) is 0 Å². The Morgan fingerprint density at radius 1 is 1.19 bits per heavy atom. The quantitative estimate of drug-likeness (QED) is 0.821. The van der Waals surface area contributed by atoms with Crippen molar-refractivity contribution in [3.05, 3.63) is 29.8 Å². The fourth-order valence-electron chi connectivity index (χ4n) is 0.939. The Bertz CT molecular complexity index is 375. The van der Waals surface area contributed by atoms with Gasteiger partial charge in [0.25, 0.3) is 5.91 Å². The normalized spacial score (nSPS) is 11.6. The first-order chi connectivity index (χ1) is 7.30. The van der Waals surface area contributed by atoms with Crippen molar-refractivity contribution < 1.29 is 18.0 Å². The Balaban J connectivity index is 2.76. The van der Waals surface area contributed by atoms with E-state index < -0.39 is 22.5 Å². The molecule has 1 aromatic carbocycles. The van der Waals surface area contributed by atoms with Gasteiger partial charge < -0.3 is 5.32 Å². The smallest absolute Gasteiger partial charge is 0.324 e. The molecule has 1 rings (SSSR count). The molecule has 0 fully saturated rings. The van der Waals surface area contributed by atoms with Gasteiger partial charge in [-0.25, -0.2) is 0 Å². The molecule has 0 saturated carbocycles. The van der Waals surface area contributed by atoms with Crippen molar-refractivity contribution in [1.29, 1.82) is 0 Å². The van der Waals surface area contributed by atoms with Gasteiger partial charge in [0.1, 0.15) is 0 Å². The van der Waals surface area contributed by atoms with Gasteiger partial charge in [0.2, 0.25) is 0 Å². The number of hydrogen-bond acceptors (Lipinski definition) is 1. The molecule has 0 heterocycles. The minimum Gasteiger partial charge on any atom is -0.324 e. The van der Waals surface area contributed by atoms with E-state index in [0.717, 1.165) is 24.3 Å². The zero-order chi connectivity index (χ0) is 12.3. The summed E-state index contributed by atoms with van der Waals surface area (Å²) >= 11 is 10.5. The third-order valence-corrected chi connectivity index (χ3v) is 2.07. The summed E-state index contributed by atoms with van der Waals surface area (Å²) in [4.78, 5) is 9.74. The maximum absolute atomic E-state index is 12.2. The molecule has 0 radical (unpaired) electrons. The van der Waals surface area contributed by atoms with Crippen LogP contribution in [0.1, 0.15) is 5.56 Å². The van der Waals surface area contributed by atoms with E-state index in [-0.39, 0.29) is 5.69 Å². The van der Waals surface area contributed by atoms with E-state index in [1.165, 1.54) is 0 Å². The molecule has 0 aliphatic heterocycles. The predicted molar refractivity (Wildman–Crippen MR) is 55.6 cm³/mol. The van der Waals surface area contributed by atoms with Gasteiger partial charge in [-0.3, -0.25) is 4.79 Å². The number of alkyl halides is 5. The van der Waals surface area contributed by atoms with Gasteiger partial charge in [0.05, 0.1) is 5.56 Å². The molecule has 0 aliphatic rings. The highest BCUT2D eigenvalue weighted by Gasteiger charge is 2.30. The van der Waals surface area contributed by atoms with Gasteiger partial charge in [-0.2, -0.15) is 13.2 Å². The number of halogens is 5. The van der Waals surface area contributed by atoms with Crippen molar-refractivity contribution in [3.63, 3.8) is 0 Å². The fraction of sp³-hybridized carbons (Fsp3) is 0.222. The van der Waals surface area contributed by atoms with E-state index in [9.17, 15) is 18.0 Å². The molecule has 0 unspecified atom stereocenters. The van der Waals surface area contributed by atoms with Gasteiger partial charge in [-0.1, -0.05) is 23.2 Å². The summed E-state index contributed by atoms with van der Waals surface area (Å²) in [7, 11) is 0. The van der Waals surface area contributed by atoms with Crippen LogP contribution in [0.15, 0.2) is 24.3 Å². The molecule has 16 heavy (non-hydrogen) atoms. The Labute approximate surface area is 99.3 Å². The molecule has 1 N–H and O–H groups in total. The fourth-order valence-corrected chi connectivity index (χ4v) is 1.05. The van der Waals surface area contributed by atoms with E-state index in [1.54, 1.807) is 0 Å². The van der Waals surface area contributed by atoms with Crippen LogP contribution in [0.5, 0.6) is 0 Å². The highest BCUT2D eigenvalue weighted by Crippen LogP contribution is 2.29. The van der Waals surface area contributed by atoms with E-state index in [1.807, 2.05) is 0 Å². The summed E-state index contributed by atoms with van der Waals surface area (Å²) in [6, 6.07) is 3.95. The number of rotatable bonds is 2. The minimum atomic E-state index is -4.40. The third-order valence-electron chi connectivity index (χ3n) is 1.68. The average Bonchev–Trinajstić information content (AvgIpc) is 2.17. The van der Waals surface area contributed by atoms with Crippen LogP contribution in [0.4, 0.5) is 18.9 Å². The Morgan fingerprint density at radius 3 is 2.06 bits per heavy atom. The van der Waals surface area contributed by atoms with Crippen molar-refractivity contribution >= 4 is 34.8 Å². The predicted octanol–water partition coefficient (Wildman–Crippen LogP) is 3.45. The summed E-state index contributed by atoms with van der Waals surface area (Å²) in [6.45, 7) is 0. The third kappa shape index (κ3) is 3.57. The SMILES string of the molecule is O=C(Nc1ccc(C(F)(F)F)cc1)C(Cl)Cl. The van der Waals surface area contributed by atoms with E-state index in [2.05, 4.69) is 5.32 Å². The summed E-state index contributed by atoms with van der Waals surface area (Å²) in [5.74, 6) is -0.692. The first kappa shape index (κ1) is 13.1. The lowest BCUT2D eigenvalue weighted by molar-refractivity contribution is -0.137. The lowest BCUT2D eigenvalue weighted by atomic mass is 10.2. The van der Waals surface area contributed by atoms with Crippen LogP contribution in [0.2, 0.25) is 0 Å². The molecule has 0 spiro atoms. The average molecular weight is 272 g/mol. The van der Waals surface area contributed by atoms with Gasteiger partial charge in [0.15, 0.2) is 4.84 Å². The number of carbonyl (C=O) groups is 1. The first-order valence-electron chi connectivity index (χ1n) is 4.07. The summed E-state index contributed by atoms with van der Waals surface area (Å²) in [5, 5.41) is 2.25. The van der Waals surface area contributed by atoms with Crippen molar-refractivity contribution in [2.75, 3.05) is 5.32 Å². The first-order valence-corrected chi connectivity index (χ1v) is 4.94. The molecule has 0 saturated heterocycles. The molecule has 0 aromatic heterocycles. The maximum atomic E-state index is 12.2. The standard InChI is InChI=1S/C9H6Cl2F3NO/c10-7(11)8(16)15-6-3-1-5(2-4-6)9(12,13)14/h1-4,7H,(H,15,16). The molecule has 1 amide bonds. The number of nitrogens with one attached hydrogen (secondary N) is 1. The van der Waals surface area contributed by atoms with Crippen LogP contribution in [-0.2, 0) is 11.0 Å². The van der Waals surface area contributed by atoms with Gasteiger partial charge in [-0.05, 0) is 24.3 Å². The van der Waals surface area contributed by atoms with Gasteiger partial charge in [-0.15, -0.1) is 0 Å². The number of amides is 1. The Hall–Kier alpha value is -0.940. The zero-order valence-electron chi connectivity index (χ0n) is 7.68. The van der Waals surface area contributed by atoms with Crippen LogP contribution in [0, 0.1) is 0 Å². The molecule has 0 bridgehead atoms. The summed E-state index contributed by atoms with van der Waals surface area (Å²) in [6.07, 6.45) is -4.40. The number of hydrogen-bond donors (Lipinski definition) is 1.